The zero-order chi connectivity index (χ0) is 16.8. The SMILES string of the molecule is Cc1ccc(Nc2ccc(C(=O)NCc3ccccn3)nn2)cc1. The monoisotopic (exact) mass is 319 g/mol. The van der Waals surface area contributed by atoms with E-state index >= 15 is 0 Å². The van der Waals surface area contributed by atoms with Crippen LogP contribution in [0.5, 0.6) is 0 Å². The Morgan fingerprint density at radius 1 is 1.00 bits per heavy atom. The topological polar surface area (TPSA) is 79.8 Å². The molecule has 0 aliphatic heterocycles. The Labute approximate surface area is 140 Å². The van der Waals surface area contributed by atoms with Gasteiger partial charge < -0.3 is 10.6 Å². The Morgan fingerprint density at radius 2 is 1.83 bits per heavy atom. The van der Waals surface area contributed by atoms with Gasteiger partial charge in [0.1, 0.15) is 0 Å². The summed E-state index contributed by atoms with van der Waals surface area (Å²) >= 11 is 0. The molecule has 3 rings (SSSR count). The smallest absolute Gasteiger partial charge is 0.272 e. The van der Waals surface area contributed by atoms with E-state index in [1.54, 1.807) is 18.3 Å². The zero-order valence-corrected chi connectivity index (χ0v) is 13.2. The predicted octanol–water partition coefficient (Wildman–Crippen LogP) is 2.85. The van der Waals surface area contributed by atoms with Gasteiger partial charge in [-0.3, -0.25) is 9.78 Å². The van der Waals surface area contributed by atoms with Crippen molar-refractivity contribution < 1.29 is 4.79 Å². The molecule has 120 valence electrons. The van der Waals surface area contributed by atoms with Crippen LogP contribution < -0.4 is 10.6 Å². The van der Waals surface area contributed by atoms with Crippen molar-refractivity contribution in [2.24, 2.45) is 0 Å². The summed E-state index contributed by atoms with van der Waals surface area (Å²) in [6, 6.07) is 16.9. The Morgan fingerprint density at radius 3 is 2.50 bits per heavy atom. The van der Waals surface area contributed by atoms with Crippen LogP contribution in [0, 0.1) is 6.92 Å². The van der Waals surface area contributed by atoms with Gasteiger partial charge >= 0.3 is 0 Å². The van der Waals surface area contributed by atoms with Gasteiger partial charge in [0.15, 0.2) is 11.5 Å². The Bertz CT molecular complexity index is 801. The lowest BCUT2D eigenvalue weighted by Gasteiger charge is -2.06. The number of aromatic nitrogens is 3. The average molecular weight is 319 g/mol. The highest BCUT2D eigenvalue weighted by atomic mass is 16.1. The van der Waals surface area contributed by atoms with Gasteiger partial charge in [-0.15, -0.1) is 10.2 Å². The number of rotatable bonds is 5. The molecule has 0 aliphatic carbocycles. The van der Waals surface area contributed by atoms with E-state index in [0.29, 0.717) is 12.4 Å². The summed E-state index contributed by atoms with van der Waals surface area (Å²) in [6.07, 6.45) is 1.69. The van der Waals surface area contributed by atoms with Gasteiger partial charge in [0, 0.05) is 11.9 Å². The first-order chi connectivity index (χ1) is 11.7. The van der Waals surface area contributed by atoms with Gasteiger partial charge in [0.05, 0.1) is 12.2 Å². The second-order valence-corrected chi connectivity index (χ2v) is 5.30. The highest BCUT2D eigenvalue weighted by Crippen LogP contribution is 2.14. The van der Waals surface area contributed by atoms with E-state index in [4.69, 9.17) is 0 Å². The number of benzene rings is 1. The number of nitrogens with zero attached hydrogens (tertiary/aromatic N) is 3. The molecule has 1 aromatic carbocycles. The first-order valence-electron chi connectivity index (χ1n) is 7.56. The van der Waals surface area contributed by atoms with Gasteiger partial charge in [-0.1, -0.05) is 23.8 Å². The molecule has 2 N–H and O–H groups in total. The third-order valence-corrected chi connectivity index (χ3v) is 3.38. The number of nitrogens with one attached hydrogen (secondary N) is 2. The largest absolute Gasteiger partial charge is 0.345 e. The van der Waals surface area contributed by atoms with Crippen molar-refractivity contribution in [1.29, 1.82) is 0 Å². The Hall–Kier alpha value is -3.28. The maximum atomic E-state index is 12.1. The van der Waals surface area contributed by atoms with E-state index in [1.165, 1.54) is 5.56 Å². The summed E-state index contributed by atoms with van der Waals surface area (Å²) in [5.41, 5.74) is 3.16. The minimum Gasteiger partial charge on any atom is -0.345 e. The summed E-state index contributed by atoms with van der Waals surface area (Å²) in [7, 11) is 0. The van der Waals surface area contributed by atoms with Crippen LogP contribution in [0.4, 0.5) is 11.5 Å². The molecule has 2 heterocycles. The average Bonchev–Trinajstić information content (AvgIpc) is 2.63. The number of amides is 1. The lowest BCUT2D eigenvalue weighted by Crippen LogP contribution is -2.24. The summed E-state index contributed by atoms with van der Waals surface area (Å²) in [5.74, 6) is 0.301. The first-order valence-corrected chi connectivity index (χ1v) is 7.56. The molecule has 0 radical (unpaired) electrons. The number of hydrogen-bond donors (Lipinski definition) is 2. The highest BCUT2D eigenvalue weighted by Gasteiger charge is 2.08. The molecule has 3 aromatic rings. The number of carbonyl (C=O) groups excluding carboxylic acids is 1. The number of pyridine rings is 1. The third-order valence-electron chi connectivity index (χ3n) is 3.38. The van der Waals surface area contributed by atoms with E-state index in [-0.39, 0.29) is 11.6 Å². The number of anilines is 2. The van der Waals surface area contributed by atoms with Crippen molar-refractivity contribution in [2.75, 3.05) is 5.32 Å². The molecule has 0 saturated heterocycles. The van der Waals surface area contributed by atoms with Crippen molar-refractivity contribution in [3.05, 3.63) is 77.7 Å². The molecule has 0 saturated carbocycles. The predicted molar refractivity (Wildman–Crippen MR) is 91.9 cm³/mol. The zero-order valence-electron chi connectivity index (χ0n) is 13.2. The van der Waals surface area contributed by atoms with E-state index in [2.05, 4.69) is 25.8 Å². The maximum Gasteiger partial charge on any atom is 0.272 e. The van der Waals surface area contributed by atoms with Crippen LogP contribution >= 0.6 is 0 Å². The molecule has 6 nitrogen and oxygen atoms in total. The van der Waals surface area contributed by atoms with Crippen LogP contribution in [-0.4, -0.2) is 21.1 Å². The quantitative estimate of drug-likeness (QED) is 0.756. The lowest BCUT2D eigenvalue weighted by atomic mass is 10.2. The van der Waals surface area contributed by atoms with E-state index in [1.807, 2.05) is 49.4 Å². The van der Waals surface area contributed by atoms with Crippen molar-refractivity contribution >= 4 is 17.4 Å². The summed E-state index contributed by atoms with van der Waals surface area (Å²) < 4.78 is 0. The van der Waals surface area contributed by atoms with E-state index in [9.17, 15) is 4.79 Å². The molecule has 0 aliphatic rings. The van der Waals surface area contributed by atoms with Gasteiger partial charge in [-0.25, -0.2) is 0 Å². The van der Waals surface area contributed by atoms with Crippen LogP contribution in [0.15, 0.2) is 60.8 Å². The number of carbonyl (C=O) groups is 1. The molecule has 2 aromatic heterocycles. The molecule has 1 amide bonds. The molecule has 0 fully saturated rings. The second kappa shape index (κ2) is 7.32. The van der Waals surface area contributed by atoms with Gasteiger partial charge in [0.2, 0.25) is 0 Å². The molecule has 0 bridgehead atoms. The fraction of sp³-hybridized carbons (Fsp3) is 0.111. The van der Waals surface area contributed by atoms with Crippen molar-refractivity contribution in [3.63, 3.8) is 0 Å². The van der Waals surface area contributed by atoms with Crippen LogP contribution in [0.25, 0.3) is 0 Å². The molecular weight excluding hydrogens is 302 g/mol. The van der Waals surface area contributed by atoms with Crippen molar-refractivity contribution in [2.45, 2.75) is 13.5 Å². The highest BCUT2D eigenvalue weighted by molar-refractivity contribution is 5.92. The first kappa shape index (κ1) is 15.6. The number of aryl methyl sites for hydroxylation is 1. The Balaban J connectivity index is 1.59. The second-order valence-electron chi connectivity index (χ2n) is 5.30. The molecule has 24 heavy (non-hydrogen) atoms. The fourth-order valence-corrected chi connectivity index (χ4v) is 2.07. The maximum absolute atomic E-state index is 12.1. The fourth-order valence-electron chi connectivity index (χ4n) is 2.07. The summed E-state index contributed by atoms with van der Waals surface area (Å²) in [5, 5.41) is 13.9. The summed E-state index contributed by atoms with van der Waals surface area (Å²) in [6.45, 7) is 2.38. The van der Waals surface area contributed by atoms with Crippen LogP contribution in [0.3, 0.4) is 0 Å². The third kappa shape index (κ3) is 4.13. The standard InChI is InChI=1S/C18H17N5O/c1-13-5-7-14(8-6-13)21-17-10-9-16(22-23-17)18(24)20-12-15-4-2-3-11-19-15/h2-11H,12H2,1H3,(H,20,24)(H,21,23). The molecule has 0 unspecified atom stereocenters. The summed E-state index contributed by atoms with van der Waals surface area (Å²) in [4.78, 5) is 16.2. The van der Waals surface area contributed by atoms with Crippen molar-refractivity contribution in [3.8, 4) is 0 Å². The molecule has 6 heteroatoms. The van der Waals surface area contributed by atoms with Crippen LogP contribution in [0.2, 0.25) is 0 Å². The van der Waals surface area contributed by atoms with Crippen LogP contribution in [-0.2, 0) is 6.54 Å². The van der Waals surface area contributed by atoms with Gasteiger partial charge in [0.25, 0.3) is 5.91 Å². The minimum atomic E-state index is -0.282. The van der Waals surface area contributed by atoms with Gasteiger partial charge in [-0.05, 0) is 43.3 Å². The lowest BCUT2D eigenvalue weighted by molar-refractivity contribution is 0.0944. The molecule has 0 atom stereocenters. The van der Waals surface area contributed by atoms with Crippen LogP contribution in [0.1, 0.15) is 21.7 Å². The Kier molecular flexibility index (Phi) is 4.76. The van der Waals surface area contributed by atoms with E-state index < -0.39 is 0 Å². The minimum absolute atomic E-state index is 0.264. The van der Waals surface area contributed by atoms with E-state index in [0.717, 1.165) is 11.4 Å². The van der Waals surface area contributed by atoms with Crippen molar-refractivity contribution in [1.82, 2.24) is 20.5 Å². The number of hydrogen-bond acceptors (Lipinski definition) is 5. The molecule has 0 spiro atoms. The normalized spacial score (nSPS) is 10.2. The van der Waals surface area contributed by atoms with Gasteiger partial charge in [-0.2, -0.15) is 0 Å². The molecular formula is C18H17N5O.